The van der Waals surface area contributed by atoms with E-state index in [-0.39, 0.29) is 12.3 Å². The molecule has 29 heavy (non-hydrogen) atoms. The second kappa shape index (κ2) is 8.15. The fourth-order valence-electron chi connectivity index (χ4n) is 3.07. The Labute approximate surface area is 179 Å². The number of carbonyl (C=O) groups is 1. The lowest BCUT2D eigenvalue weighted by molar-refractivity contribution is 0.0967. The number of hydrogen-bond donors (Lipinski definition) is 0. The van der Waals surface area contributed by atoms with Crippen LogP contribution in [0.25, 0.3) is 17.1 Å². The molecular formula is C23H18ClN3OS. The zero-order valence-electron chi connectivity index (χ0n) is 15.7. The predicted molar refractivity (Wildman–Crippen MR) is 118 cm³/mol. The van der Waals surface area contributed by atoms with Gasteiger partial charge in [-0.15, -0.1) is 0 Å². The van der Waals surface area contributed by atoms with Gasteiger partial charge in [-0.25, -0.2) is 4.68 Å². The van der Waals surface area contributed by atoms with Crippen LogP contribution in [0.2, 0.25) is 5.02 Å². The first-order valence-corrected chi connectivity index (χ1v) is 9.92. The number of halogens is 1. The molecule has 0 fully saturated rings. The van der Waals surface area contributed by atoms with Crippen LogP contribution in [0, 0.1) is 11.7 Å². The van der Waals surface area contributed by atoms with E-state index in [0.29, 0.717) is 21.2 Å². The van der Waals surface area contributed by atoms with E-state index in [1.807, 2.05) is 66.1 Å². The summed E-state index contributed by atoms with van der Waals surface area (Å²) in [5.74, 6) is 0.621. The van der Waals surface area contributed by atoms with Crippen LogP contribution in [-0.4, -0.2) is 20.1 Å². The highest BCUT2D eigenvalue weighted by molar-refractivity contribution is 7.71. The van der Waals surface area contributed by atoms with Crippen LogP contribution in [0.5, 0.6) is 0 Å². The molecule has 0 N–H and O–H groups in total. The molecule has 0 aliphatic rings. The Hall–Kier alpha value is -3.02. The molecule has 3 aromatic carbocycles. The minimum atomic E-state index is -0.0778. The quantitative estimate of drug-likeness (QED) is 0.298. The third-order valence-electron chi connectivity index (χ3n) is 4.62. The summed E-state index contributed by atoms with van der Waals surface area (Å²) >= 11 is 11.6. The van der Waals surface area contributed by atoms with Gasteiger partial charge in [-0.05, 0) is 55.5 Å². The molecule has 0 aliphatic heterocycles. The summed E-state index contributed by atoms with van der Waals surface area (Å²) in [6.07, 6.45) is 0. The predicted octanol–water partition coefficient (Wildman–Crippen LogP) is 5.92. The Kier molecular flexibility index (Phi) is 5.43. The van der Waals surface area contributed by atoms with E-state index in [1.165, 1.54) is 0 Å². The summed E-state index contributed by atoms with van der Waals surface area (Å²) in [7, 11) is 0. The molecule has 4 nitrogen and oxygen atoms in total. The maximum Gasteiger partial charge on any atom is 0.203 e. The fourth-order valence-corrected chi connectivity index (χ4v) is 3.50. The highest BCUT2D eigenvalue weighted by atomic mass is 35.5. The minimum absolute atomic E-state index is 0.0547. The average molecular weight is 420 g/mol. The van der Waals surface area contributed by atoms with Crippen molar-refractivity contribution in [1.29, 1.82) is 0 Å². The molecule has 4 rings (SSSR count). The van der Waals surface area contributed by atoms with Gasteiger partial charge in [0.25, 0.3) is 0 Å². The lowest BCUT2D eigenvalue weighted by Gasteiger charge is -2.06. The van der Waals surface area contributed by atoms with Crippen LogP contribution in [0.4, 0.5) is 0 Å². The highest BCUT2D eigenvalue weighted by Crippen LogP contribution is 2.23. The molecule has 0 unspecified atom stereocenters. The first-order valence-electron chi connectivity index (χ1n) is 9.14. The highest BCUT2D eigenvalue weighted by Gasteiger charge is 2.17. The van der Waals surface area contributed by atoms with Gasteiger partial charge in [0.2, 0.25) is 4.77 Å². The summed E-state index contributed by atoms with van der Waals surface area (Å²) in [6.45, 7) is 2.09. The number of nitrogens with zero attached hydrogens (tertiary/aromatic N) is 3. The van der Waals surface area contributed by atoms with Crippen molar-refractivity contribution < 1.29 is 4.79 Å². The van der Waals surface area contributed by atoms with Crippen molar-refractivity contribution in [3.63, 3.8) is 0 Å². The Bertz CT molecular complexity index is 1210. The topological polar surface area (TPSA) is 39.8 Å². The summed E-state index contributed by atoms with van der Waals surface area (Å²) in [5.41, 5.74) is 3.57. The summed E-state index contributed by atoms with van der Waals surface area (Å²) < 4.78 is 3.94. The molecule has 0 radical (unpaired) electrons. The molecule has 144 valence electrons. The first kappa shape index (κ1) is 19.3. The van der Waals surface area contributed by atoms with Gasteiger partial charge in [0, 0.05) is 21.8 Å². The smallest absolute Gasteiger partial charge is 0.203 e. The van der Waals surface area contributed by atoms with Crippen LogP contribution in [0.1, 0.15) is 15.9 Å². The molecule has 1 heterocycles. The van der Waals surface area contributed by atoms with Crippen molar-refractivity contribution in [2.24, 2.45) is 0 Å². The van der Waals surface area contributed by atoms with Gasteiger partial charge < -0.3 is 0 Å². The average Bonchev–Trinajstić information content (AvgIpc) is 3.05. The normalized spacial score (nSPS) is 10.8. The Morgan fingerprint density at radius 2 is 1.62 bits per heavy atom. The number of carbonyl (C=O) groups excluding carboxylic acids is 1. The van der Waals surface area contributed by atoms with Crippen LogP contribution in [0.15, 0.2) is 78.9 Å². The van der Waals surface area contributed by atoms with Gasteiger partial charge >= 0.3 is 0 Å². The maximum absolute atomic E-state index is 12.8. The second-order valence-electron chi connectivity index (χ2n) is 6.73. The van der Waals surface area contributed by atoms with Gasteiger partial charge in [0.05, 0.1) is 0 Å². The molecule has 0 bridgehead atoms. The van der Waals surface area contributed by atoms with Crippen LogP contribution < -0.4 is 0 Å². The van der Waals surface area contributed by atoms with Crippen LogP contribution >= 0.6 is 23.8 Å². The molecular weight excluding hydrogens is 402 g/mol. The lowest BCUT2D eigenvalue weighted by Crippen LogP contribution is -2.12. The van der Waals surface area contributed by atoms with Gasteiger partial charge in [0.15, 0.2) is 11.6 Å². The van der Waals surface area contributed by atoms with E-state index in [4.69, 9.17) is 28.9 Å². The van der Waals surface area contributed by atoms with Gasteiger partial charge in [-0.1, -0.05) is 59.6 Å². The molecule has 0 aliphatic carbocycles. The van der Waals surface area contributed by atoms with Gasteiger partial charge in [-0.2, -0.15) is 5.10 Å². The van der Waals surface area contributed by atoms with E-state index in [9.17, 15) is 4.79 Å². The van der Waals surface area contributed by atoms with Crippen LogP contribution in [0.3, 0.4) is 0 Å². The first-order chi connectivity index (χ1) is 14.0. The lowest BCUT2D eigenvalue weighted by atomic mass is 10.1. The monoisotopic (exact) mass is 419 g/mol. The summed E-state index contributed by atoms with van der Waals surface area (Å²) in [4.78, 5) is 12.8. The van der Waals surface area contributed by atoms with Crippen molar-refractivity contribution in [3.05, 3.63) is 99.8 Å². The van der Waals surface area contributed by atoms with Gasteiger partial charge in [0.1, 0.15) is 6.54 Å². The molecule has 1 aromatic heterocycles. The van der Waals surface area contributed by atoms with E-state index in [2.05, 4.69) is 0 Å². The minimum Gasteiger partial charge on any atom is -0.292 e. The number of aryl methyl sites for hydroxylation is 1. The number of rotatable bonds is 5. The third-order valence-corrected chi connectivity index (χ3v) is 5.27. The number of Topliss-reactive ketones (excluding diaryl/α,β-unsaturated/α-hetero) is 1. The van der Waals surface area contributed by atoms with Gasteiger partial charge in [-0.3, -0.25) is 9.36 Å². The van der Waals surface area contributed by atoms with Crippen molar-refractivity contribution in [1.82, 2.24) is 14.3 Å². The maximum atomic E-state index is 12.8. The van der Waals surface area contributed by atoms with E-state index < -0.39 is 0 Å². The van der Waals surface area contributed by atoms with Crippen molar-refractivity contribution in [3.8, 4) is 17.1 Å². The Morgan fingerprint density at radius 3 is 2.28 bits per heavy atom. The molecule has 0 amide bonds. The zero-order valence-corrected chi connectivity index (χ0v) is 17.3. The van der Waals surface area contributed by atoms with E-state index in [1.54, 1.807) is 28.9 Å². The Balaban J connectivity index is 1.79. The SMILES string of the molecule is Cc1ccc(-c2nn(CC(=O)c3ccc(Cl)cc3)c(=S)n2-c2ccccc2)cc1. The molecule has 0 atom stereocenters. The molecule has 0 saturated carbocycles. The number of benzene rings is 3. The zero-order chi connectivity index (χ0) is 20.4. The van der Waals surface area contributed by atoms with Crippen molar-refractivity contribution in [2.75, 3.05) is 0 Å². The van der Waals surface area contributed by atoms with Crippen molar-refractivity contribution in [2.45, 2.75) is 13.5 Å². The standard InChI is InChI=1S/C23H18ClN3OS/c1-16-7-9-18(10-8-16)22-25-26(15-21(28)17-11-13-19(24)14-12-17)23(29)27(22)20-5-3-2-4-6-20/h2-14H,15H2,1H3. The molecule has 4 aromatic rings. The fraction of sp³-hybridized carbons (Fsp3) is 0.0870. The number of ketones is 1. The third kappa shape index (κ3) is 4.06. The molecule has 0 saturated heterocycles. The number of hydrogen-bond acceptors (Lipinski definition) is 3. The van der Waals surface area contributed by atoms with E-state index in [0.717, 1.165) is 16.8 Å². The molecule has 0 spiro atoms. The summed E-state index contributed by atoms with van der Waals surface area (Å²) in [5, 5.41) is 5.29. The van der Waals surface area contributed by atoms with Crippen molar-refractivity contribution >= 4 is 29.6 Å². The van der Waals surface area contributed by atoms with Crippen LogP contribution in [-0.2, 0) is 6.54 Å². The Morgan fingerprint density at radius 1 is 0.966 bits per heavy atom. The number of aromatic nitrogens is 3. The second-order valence-corrected chi connectivity index (χ2v) is 7.53. The molecule has 6 heteroatoms. The summed E-state index contributed by atoms with van der Waals surface area (Å²) in [6, 6.07) is 24.7. The van der Waals surface area contributed by atoms with E-state index >= 15 is 0 Å². The largest absolute Gasteiger partial charge is 0.292 e. The number of para-hydroxylation sites is 1.